The fourth-order valence-corrected chi connectivity index (χ4v) is 5.23. The van der Waals surface area contributed by atoms with Gasteiger partial charge >= 0.3 is 6.03 Å². The number of imidazole rings is 1. The number of anilines is 1. The van der Waals surface area contributed by atoms with Crippen molar-refractivity contribution in [3.05, 3.63) is 65.6 Å². The molecule has 0 aliphatic rings. The van der Waals surface area contributed by atoms with Crippen LogP contribution in [0.15, 0.2) is 64.0 Å². The molecule has 0 unspecified atom stereocenters. The molecule has 11 heteroatoms. The van der Waals surface area contributed by atoms with Crippen LogP contribution in [0.3, 0.4) is 0 Å². The smallest absolute Gasteiger partial charge is 0.321 e. The van der Waals surface area contributed by atoms with Crippen LogP contribution in [0.4, 0.5) is 9.93 Å². The second kappa shape index (κ2) is 8.73. The molecule has 0 spiro atoms. The Balaban J connectivity index is 1.23. The van der Waals surface area contributed by atoms with Gasteiger partial charge in [0, 0.05) is 28.5 Å². The molecule has 3 aromatic heterocycles. The summed E-state index contributed by atoms with van der Waals surface area (Å²) in [7, 11) is 1.93. The third kappa shape index (κ3) is 4.24. The van der Waals surface area contributed by atoms with Gasteiger partial charge in [-0.2, -0.15) is 0 Å². The summed E-state index contributed by atoms with van der Waals surface area (Å²) in [6.45, 7) is 0.295. The fraction of sp³-hybridized carbons (Fsp3) is 0.0952. The van der Waals surface area contributed by atoms with Gasteiger partial charge in [0.25, 0.3) is 0 Å². The number of amides is 2. The minimum absolute atomic E-state index is 0.295. The van der Waals surface area contributed by atoms with Crippen LogP contribution in [0.5, 0.6) is 0 Å². The van der Waals surface area contributed by atoms with Crippen LogP contribution < -0.4 is 10.6 Å². The van der Waals surface area contributed by atoms with E-state index < -0.39 is 0 Å². The monoisotopic (exact) mass is 481 g/mol. The lowest BCUT2D eigenvalue weighted by Gasteiger charge is -2.05. The van der Waals surface area contributed by atoms with Gasteiger partial charge in [-0.05, 0) is 30.3 Å². The maximum atomic E-state index is 12.3. The van der Waals surface area contributed by atoms with Crippen molar-refractivity contribution >= 4 is 67.8 Å². The maximum absolute atomic E-state index is 12.3. The number of hydrogen-bond donors (Lipinski definition) is 2. The Hall–Kier alpha value is -3.21. The molecule has 3 heterocycles. The number of carbonyl (C=O) groups is 1. The molecule has 0 aliphatic carbocycles. The number of benzene rings is 2. The van der Waals surface area contributed by atoms with Crippen molar-refractivity contribution in [2.24, 2.45) is 7.05 Å². The summed E-state index contributed by atoms with van der Waals surface area (Å²) in [4.78, 5) is 22.2. The van der Waals surface area contributed by atoms with Crippen LogP contribution in [0.2, 0.25) is 5.02 Å². The van der Waals surface area contributed by atoms with Crippen molar-refractivity contribution in [1.82, 2.24) is 30.0 Å². The average molecular weight is 482 g/mol. The molecule has 0 saturated heterocycles. The first-order valence-corrected chi connectivity index (χ1v) is 11.6. The van der Waals surface area contributed by atoms with Gasteiger partial charge in [-0.25, -0.2) is 9.78 Å². The zero-order chi connectivity index (χ0) is 22.1. The van der Waals surface area contributed by atoms with Gasteiger partial charge in [-0.1, -0.05) is 52.9 Å². The Morgan fingerprint density at radius 3 is 2.91 bits per heavy atom. The Labute approximate surface area is 196 Å². The summed E-state index contributed by atoms with van der Waals surface area (Å²) in [5.74, 6) is 0.763. The van der Waals surface area contributed by atoms with E-state index >= 15 is 0 Å². The van der Waals surface area contributed by atoms with Gasteiger partial charge in [0.2, 0.25) is 5.13 Å². The number of para-hydroxylation sites is 2. The predicted octanol–water partition coefficient (Wildman–Crippen LogP) is 5.10. The highest BCUT2D eigenvalue weighted by molar-refractivity contribution is 8.01. The third-order valence-electron chi connectivity index (χ3n) is 4.78. The van der Waals surface area contributed by atoms with Crippen LogP contribution >= 0.6 is 34.7 Å². The number of carbonyl (C=O) groups excluding carboxylic acids is 1. The molecular formula is C21H16ClN7OS2. The molecule has 0 radical (unpaired) electrons. The van der Waals surface area contributed by atoms with Gasteiger partial charge in [0.1, 0.15) is 5.82 Å². The molecule has 0 saturated carbocycles. The maximum Gasteiger partial charge on any atom is 0.321 e. The number of pyridine rings is 1. The van der Waals surface area contributed by atoms with E-state index in [1.165, 1.54) is 23.1 Å². The molecule has 0 atom stereocenters. The number of halogens is 1. The summed E-state index contributed by atoms with van der Waals surface area (Å²) >= 11 is 8.82. The Bertz CT molecular complexity index is 1450. The molecular weight excluding hydrogens is 466 g/mol. The van der Waals surface area contributed by atoms with Crippen LogP contribution in [-0.2, 0) is 13.6 Å². The molecule has 5 aromatic rings. The van der Waals surface area contributed by atoms with Gasteiger partial charge < -0.3 is 9.88 Å². The molecule has 0 bridgehead atoms. The Kier molecular flexibility index (Phi) is 5.64. The lowest BCUT2D eigenvalue weighted by atomic mass is 10.2. The second-order valence-electron chi connectivity index (χ2n) is 6.83. The number of aromatic nitrogens is 5. The van der Waals surface area contributed by atoms with Crippen molar-refractivity contribution in [1.29, 1.82) is 0 Å². The molecule has 5 rings (SSSR count). The van der Waals surface area contributed by atoms with Crippen LogP contribution in [-0.4, -0.2) is 30.8 Å². The van der Waals surface area contributed by atoms with Crippen LogP contribution in [0, 0.1) is 0 Å². The lowest BCUT2D eigenvalue weighted by molar-refractivity contribution is 0.251. The van der Waals surface area contributed by atoms with E-state index in [-0.39, 0.29) is 6.03 Å². The summed E-state index contributed by atoms with van der Waals surface area (Å²) in [5, 5.41) is 15.8. The van der Waals surface area contributed by atoms with E-state index in [9.17, 15) is 4.79 Å². The summed E-state index contributed by atoms with van der Waals surface area (Å²) in [5.41, 5.74) is 2.72. The minimum Gasteiger partial charge on any atom is -0.331 e. The summed E-state index contributed by atoms with van der Waals surface area (Å²) in [6, 6.07) is 15.0. The van der Waals surface area contributed by atoms with E-state index in [1.807, 2.05) is 60.1 Å². The van der Waals surface area contributed by atoms with Crippen LogP contribution in [0.1, 0.15) is 5.82 Å². The highest BCUT2D eigenvalue weighted by Crippen LogP contribution is 2.36. The molecule has 160 valence electrons. The Morgan fingerprint density at radius 2 is 2.03 bits per heavy atom. The summed E-state index contributed by atoms with van der Waals surface area (Å²) < 4.78 is 2.67. The number of hydrogen-bond acceptors (Lipinski definition) is 7. The van der Waals surface area contributed by atoms with Crippen molar-refractivity contribution < 1.29 is 4.79 Å². The van der Waals surface area contributed by atoms with Crippen molar-refractivity contribution in [2.45, 2.75) is 15.8 Å². The van der Waals surface area contributed by atoms with Crippen molar-refractivity contribution in [2.75, 3.05) is 5.32 Å². The van der Waals surface area contributed by atoms with Gasteiger partial charge in [-0.3, -0.25) is 10.3 Å². The second-order valence-corrected chi connectivity index (χ2v) is 9.53. The predicted molar refractivity (Wildman–Crippen MR) is 127 cm³/mol. The number of nitrogens with zero attached hydrogens (tertiary/aromatic N) is 5. The van der Waals surface area contributed by atoms with Crippen molar-refractivity contribution in [3.63, 3.8) is 0 Å². The van der Waals surface area contributed by atoms with E-state index in [1.54, 1.807) is 6.20 Å². The first-order chi connectivity index (χ1) is 15.6. The number of nitrogens with one attached hydrogen (secondary N) is 2. The first kappa shape index (κ1) is 20.7. The first-order valence-electron chi connectivity index (χ1n) is 9.57. The van der Waals surface area contributed by atoms with Gasteiger partial charge in [0.05, 0.1) is 23.1 Å². The summed E-state index contributed by atoms with van der Waals surface area (Å²) in [6.07, 6.45) is 1.73. The zero-order valence-electron chi connectivity index (χ0n) is 16.7. The molecule has 0 fully saturated rings. The molecule has 0 aliphatic heterocycles. The van der Waals surface area contributed by atoms with E-state index in [0.717, 1.165) is 32.7 Å². The zero-order valence-corrected chi connectivity index (χ0v) is 19.1. The number of aryl methyl sites for hydroxylation is 1. The Morgan fingerprint density at radius 1 is 1.16 bits per heavy atom. The highest BCUT2D eigenvalue weighted by atomic mass is 35.5. The molecule has 8 nitrogen and oxygen atoms in total. The standard InChI is InChI=1S/C21H16ClN7OS2/c1-29-16-5-3-2-4-14(16)25-18(29)11-24-19(30)26-20-27-28-21(32-20)31-17-8-9-23-15-10-12(22)6-7-13(15)17/h2-10H,11H2,1H3,(H2,24,26,27,30). The number of rotatable bonds is 5. The normalized spacial score (nSPS) is 11.2. The molecule has 32 heavy (non-hydrogen) atoms. The highest BCUT2D eigenvalue weighted by Gasteiger charge is 2.13. The van der Waals surface area contributed by atoms with E-state index in [2.05, 4.69) is 30.8 Å². The number of fused-ring (bicyclic) bond motifs is 2. The molecule has 2 amide bonds. The van der Waals surface area contributed by atoms with E-state index in [0.29, 0.717) is 21.0 Å². The quantitative estimate of drug-likeness (QED) is 0.339. The van der Waals surface area contributed by atoms with Crippen LogP contribution in [0.25, 0.3) is 21.9 Å². The largest absolute Gasteiger partial charge is 0.331 e. The van der Waals surface area contributed by atoms with Gasteiger partial charge in [-0.15, -0.1) is 10.2 Å². The fourth-order valence-electron chi connectivity index (χ4n) is 3.23. The molecule has 2 aromatic carbocycles. The van der Waals surface area contributed by atoms with E-state index in [4.69, 9.17) is 11.6 Å². The number of urea groups is 1. The SMILES string of the molecule is Cn1c(CNC(=O)Nc2nnc(Sc3ccnc4cc(Cl)ccc34)s2)nc2ccccc21. The van der Waals surface area contributed by atoms with Crippen molar-refractivity contribution in [3.8, 4) is 0 Å². The average Bonchev–Trinajstić information content (AvgIpc) is 3.36. The lowest BCUT2D eigenvalue weighted by Crippen LogP contribution is -2.29. The third-order valence-corrected chi connectivity index (χ3v) is 6.98. The van der Waals surface area contributed by atoms with Gasteiger partial charge in [0.15, 0.2) is 4.34 Å². The topological polar surface area (TPSA) is 97.6 Å². The minimum atomic E-state index is -0.367. The molecule has 2 N–H and O–H groups in total.